The Morgan fingerprint density at radius 3 is 1.79 bits per heavy atom. The Labute approximate surface area is 174 Å². The topological polar surface area (TPSA) is 11.4 Å². The van der Waals surface area contributed by atoms with Crippen molar-refractivity contribution < 1.29 is 0 Å². The molecule has 2 heterocycles. The molecule has 0 saturated carbocycles. The van der Waals surface area contributed by atoms with E-state index < -0.39 is 0 Å². The summed E-state index contributed by atoms with van der Waals surface area (Å²) in [5.41, 5.74) is 5.36. The van der Waals surface area contributed by atoms with Crippen LogP contribution < -0.4 is 9.34 Å². The van der Waals surface area contributed by atoms with E-state index in [9.17, 15) is 0 Å². The minimum atomic E-state index is 0.310. The van der Waals surface area contributed by atoms with Crippen LogP contribution >= 0.6 is 8.88 Å². The van der Waals surface area contributed by atoms with Crippen molar-refractivity contribution in [3.05, 3.63) is 96.1 Å². The molecular formula is C25H26N3P. The second kappa shape index (κ2) is 7.24. The van der Waals surface area contributed by atoms with Crippen molar-refractivity contribution in [3.63, 3.8) is 0 Å². The Hall–Kier alpha value is -2.77. The van der Waals surface area contributed by atoms with Gasteiger partial charge in [0, 0.05) is 12.4 Å². The van der Waals surface area contributed by atoms with Gasteiger partial charge >= 0.3 is 0 Å². The van der Waals surface area contributed by atoms with E-state index in [1.54, 1.807) is 0 Å². The van der Waals surface area contributed by atoms with Crippen LogP contribution in [-0.2, 0) is 7.05 Å². The molecule has 146 valence electrons. The van der Waals surface area contributed by atoms with Gasteiger partial charge in [-0.2, -0.15) is 0 Å². The summed E-state index contributed by atoms with van der Waals surface area (Å²) in [6.07, 6.45) is 0. The van der Waals surface area contributed by atoms with Gasteiger partial charge in [0.15, 0.2) is 0 Å². The van der Waals surface area contributed by atoms with Gasteiger partial charge in [0.2, 0.25) is 0 Å². The van der Waals surface area contributed by atoms with Crippen molar-refractivity contribution in [1.29, 1.82) is 0 Å². The monoisotopic (exact) mass is 399 g/mol. The lowest BCUT2D eigenvalue weighted by Crippen LogP contribution is -2.21. The summed E-state index contributed by atoms with van der Waals surface area (Å²) < 4.78 is 7.53. The lowest BCUT2D eigenvalue weighted by molar-refractivity contribution is 0.788. The van der Waals surface area contributed by atoms with Crippen LogP contribution in [0.4, 0.5) is 11.5 Å². The molecule has 0 radical (unpaired) electrons. The molecule has 0 amide bonds. The maximum atomic E-state index is 2.59. The number of nitrogens with zero attached hydrogens (tertiary/aromatic N) is 3. The van der Waals surface area contributed by atoms with Crippen LogP contribution in [0.3, 0.4) is 0 Å². The van der Waals surface area contributed by atoms with Crippen molar-refractivity contribution in [1.82, 2.24) is 4.57 Å². The summed E-state index contributed by atoms with van der Waals surface area (Å²) in [5.74, 6) is 1.32. The van der Waals surface area contributed by atoms with Gasteiger partial charge in [0.1, 0.15) is 5.82 Å². The average Bonchev–Trinajstić information content (AvgIpc) is 3.31. The molecule has 0 saturated heterocycles. The first-order valence-corrected chi connectivity index (χ1v) is 11.1. The Morgan fingerprint density at radius 2 is 1.17 bits per heavy atom. The van der Waals surface area contributed by atoms with E-state index in [1.165, 1.54) is 33.5 Å². The summed E-state index contributed by atoms with van der Waals surface area (Å²) in [6, 6.07) is 31.1. The SMILES string of the molecule is C[C@@H](c1ccccc1)N1PN([C@@H](C)c2ccccc2)c2c1c1ccccc1n2C. The fourth-order valence-corrected chi connectivity index (χ4v) is 5.95. The summed E-state index contributed by atoms with van der Waals surface area (Å²) >= 11 is 0. The van der Waals surface area contributed by atoms with Gasteiger partial charge in [-0.15, -0.1) is 0 Å². The van der Waals surface area contributed by atoms with Gasteiger partial charge in [-0.05, 0) is 31.0 Å². The van der Waals surface area contributed by atoms with Gasteiger partial charge in [-0.1, -0.05) is 78.9 Å². The number of aryl methyl sites for hydroxylation is 1. The van der Waals surface area contributed by atoms with Gasteiger partial charge in [0.25, 0.3) is 0 Å². The van der Waals surface area contributed by atoms with E-state index in [0.29, 0.717) is 21.0 Å². The highest BCUT2D eigenvalue weighted by atomic mass is 31.1. The predicted molar refractivity (Wildman–Crippen MR) is 126 cm³/mol. The molecule has 0 aliphatic carbocycles. The molecule has 3 atom stereocenters. The molecule has 5 rings (SSSR count). The predicted octanol–water partition coefficient (Wildman–Crippen LogP) is 6.84. The van der Waals surface area contributed by atoms with Gasteiger partial charge in [-0.3, -0.25) is 0 Å². The van der Waals surface area contributed by atoms with E-state index in [2.05, 4.69) is 120 Å². The molecule has 1 aromatic heterocycles. The van der Waals surface area contributed by atoms with E-state index in [1.807, 2.05) is 0 Å². The third-order valence-corrected chi connectivity index (χ3v) is 7.71. The smallest absolute Gasteiger partial charge is 0.138 e. The molecule has 1 unspecified atom stereocenters. The largest absolute Gasteiger partial charge is 0.328 e. The third kappa shape index (κ3) is 2.92. The molecule has 1 aliphatic heterocycles. The molecule has 0 fully saturated rings. The second-order valence-corrected chi connectivity index (χ2v) is 8.93. The van der Waals surface area contributed by atoms with Crippen LogP contribution in [0.2, 0.25) is 0 Å². The third-order valence-electron chi connectivity index (χ3n) is 6.07. The summed E-state index contributed by atoms with van der Waals surface area (Å²) in [4.78, 5) is 0. The van der Waals surface area contributed by atoms with Crippen LogP contribution in [0.5, 0.6) is 0 Å². The number of anilines is 2. The quantitative estimate of drug-likeness (QED) is 0.348. The van der Waals surface area contributed by atoms with Gasteiger partial charge < -0.3 is 13.9 Å². The zero-order chi connectivity index (χ0) is 20.0. The van der Waals surface area contributed by atoms with E-state index in [-0.39, 0.29) is 0 Å². The highest BCUT2D eigenvalue weighted by Gasteiger charge is 2.37. The zero-order valence-electron chi connectivity index (χ0n) is 17.1. The molecule has 0 bridgehead atoms. The molecular weight excluding hydrogens is 373 g/mol. The number of aromatic nitrogens is 1. The van der Waals surface area contributed by atoms with Gasteiger partial charge in [-0.25, -0.2) is 0 Å². The summed E-state index contributed by atoms with van der Waals surface area (Å²) in [6.45, 7) is 4.64. The highest BCUT2D eigenvalue weighted by Crippen LogP contribution is 2.58. The van der Waals surface area contributed by atoms with Crippen LogP contribution in [0, 0.1) is 0 Å². The van der Waals surface area contributed by atoms with Crippen molar-refractivity contribution in [2.24, 2.45) is 7.05 Å². The van der Waals surface area contributed by atoms with Crippen LogP contribution in [-0.4, -0.2) is 4.57 Å². The lowest BCUT2D eigenvalue weighted by Gasteiger charge is -2.31. The Bertz CT molecular complexity index is 1140. The van der Waals surface area contributed by atoms with Crippen molar-refractivity contribution in [2.45, 2.75) is 25.9 Å². The second-order valence-electron chi connectivity index (χ2n) is 7.76. The van der Waals surface area contributed by atoms with Crippen molar-refractivity contribution >= 4 is 31.3 Å². The first-order valence-electron chi connectivity index (χ1n) is 10.2. The highest BCUT2D eigenvalue weighted by molar-refractivity contribution is 7.43. The summed E-state index contributed by atoms with van der Waals surface area (Å²) in [7, 11) is 2.77. The number of hydrogen-bond donors (Lipinski definition) is 0. The summed E-state index contributed by atoms with van der Waals surface area (Å²) in [5, 5.41) is 1.34. The average molecular weight is 399 g/mol. The minimum Gasteiger partial charge on any atom is -0.328 e. The number of hydrogen-bond acceptors (Lipinski definition) is 2. The maximum Gasteiger partial charge on any atom is 0.138 e. The normalized spacial score (nSPS) is 16.4. The molecule has 1 aliphatic rings. The van der Waals surface area contributed by atoms with Crippen LogP contribution in [0.15, 0.2) is 84.9 Å². The lowest BCUT2D eigenvalue weighted by atomic mass is 10.1. The zero-order valence-corrected chi connectivity index (χ0v) is 18.1. The number of para-hydroxylation sites is 1. The van der Waals surface area contributed by atoms with Crippen molar-refractivity contribution in [2.75, 3.05) is 9.34 Å². The molecule has 4 aromatic rings. The van der Waals surface area contributed by atoms with Crippen LogP contribution in [0.25, 0.3) is 10.9 Å². The molecule has 4 heteroatoms. The molecule has 3 aromatic carbocycles. The maximum absolute atomic E-state index is 2.59. The van der Waals surface area contributed by atoms with E-state index in [0.717, 1.165) is 0 Å². The van der Waals surface area contributed by atoms with Crippen molar-refractivity contribution in [3.8, 4) is 0 Å². The fraction of sp³-hybridized carbons (Fsp3) is 0.200. The Morgan fingerprint density at radius 1 is 0.655 bits per heavy atom. The number of fused-ring (bicyclic) bond motifs is 3. The molecule has 0 spiro atoms. The van der Waals surface area contributed by atoms with Crippen LogP contribution in [0.1, 0.15) is 37.1 Å². The van der Waals surface area contributed by atoms with E-state index in [4.69, 9.17) is 0 Å². The standard InChI is InChI=1S/C25H26N3P/c1-18(20-12-6-4-7-13-20)27-24-22-16-10-11-17-23(22)26(3)25(24)28(29-27)19(2)21-14-8-5-9-15-21/h4-19,29H,1-3H3/t18-,19-/m0/s1. The van der Waals surface area contributed by atoms with Gasteiger partial charge in [0.05, 0.1) is 32.2 Å². The molecule has 0 N–H and O–H groups in total. The number of benzene rings is 3. The Kier molecular flexibility index (Phi) is 4.56. The molecule has 3 nitrogen and oxygen atoms in total. The number of rotatable bonds is 4. The first-order chi connectivity index (χ1) is 14.2. The first kappa shape index (κ1) is 18.3. The fourth-order valence-electron chi connectivity index (χ4n) is 4.40. The minimum absolute atomic E-state index is 0.310. The molecule has 29 heavy (non-hydrogen) atoms. The van der Waals surface area contributed by atoms with E-state index >= 15 is 0 Å². The Balaban J connectivity index is 1.66.